The minimum Gasteiger partial charge on any atom is -0.489 e. The van der Waals surface area contributed by atoms with E-state index >= 15 is 0 Å². The van der Waals surface area contributed by atoms with Gasteiger partial charge in [0.05, 0.1) is 11.3 Å². The Kier molecular flexibility index (Phi) is 4.48. The van der Waals surface area contributed by atoms with E-state index in [2.05, 4.69) is 0 Å². The van der Waals surface area contributed by atoms with Crippen molar-refractivity contribution in [1.82, 2.24) is 0 Å². The lowest BCUT2D eigenvalue weighted by Crippen LogP contribution is -2.15. The summed E-state index contributed by atoms with van der Waals surface area (Å²) < 4.78 is 5.78. The van der Waals surface area contributed by atoms with Gasteiger partial charge in [-0.1, -0.05) is 30.3 Å². The first-order valence-corrected chi connectivity index (χ1v) is 6.71. The number of nitrogens with zero attached hydrogens (tertiary/aromatic N) is 1. The normalized spacial score (nSPS) is 10.2. The summed E-state index contributed by atoms with van der Waals surface area (Å²) in [5.41, 5.74) is 2.72. The van der Waals surface area contributed by atoms with Gasteiger partial charge in [0.15, 0.2) is 0 Å². The number of carboxylic acids is 1. The number of hydrogen-bond donors (Lipinski definition) is 1. The number of rotatable bonds is 5. The van der Waals surface area contributed by atoms with Gasteiger partial charge in [0.2, 0.25) is 0 Å². The standard InChI is InChI=1S/C17H19NO3/c1-12-9-14(21-11-13-7-5-4-6-8-13)10-15(18(2)3)16(12)17(19)20/h4-10H,11H2,1-3H3,(H,19,20). The van der Waals surface area contributed by atoms with Crippen molar-refractivity contribution in [3.8, 4) is 5.75 Å². The summed E-state index contributed by atoms with van der Waals surface area (Å²) in [7, 11) is 3.64. The maximum Gasteiger partial charge on any atom is 0.338 e. The zero-order valence-electron chi connectivity index (χ0n) is 12.5. The number of ether oxygens (including phenoxy) is 1. The molecule has 0 radical (unpaired) electrons. The van der Waals surface area contributed by atoms with Crippen LogP contribution in [0.2, 0.25) is 0 Å². The van der Waals surface area contributed by atoms with Crippen LogP contribution >= 0.6 is 0 Å². The van der Waals surface area contributed by atoms with Gasteiger partial charge in [-0.25, -0.2) is 4.79 Å². The Morgan fingerprint density at radius 1 is 1.19 bits per heavy atom. The molecule has 0 spiro atoms. The second-order valence-corrected chi connectivity index (χ2v) is 5.11. The second kappa shape index (κ2) is 6.31. The molecule has 1 N–H and O–H groups in total. The molecule has 110 valence electrons. The highest BCUT2D eigenvalue weighted by Crippen LogP contribution is 2.29. The molecule has 0 atom stereocenters. The van der Waals surface area contributed by atoms with Crippen molar-refractivity contribution in [1.29, 1.82) is 0 Å². The monoisotopic (exact) mass is 285 g/mol. The predicted molar refractivity (Wildman–Crippen MR) is 83.2 cm³/mol. The average Bonchev–Trinajstić information content (AvgIpc) is 2.45. The summed E-state index contributed by atoms with van der Waals surface area (Å²) in [6, 6.07) is 13.4. The second-order valence-electron chi connectivity index (χ2n) is 5.11. The Hall–Kier alpha value is -2.49. The van der Waals surface area contributed by atoms with E-state index in [1.165, 1.54) is 0 Å². The third kappa shape index (κ3) is 3.54. The van der Waals surface area contributed by atoms with E-state index in [0.29, 0.717) is 29.2 Å². The van der Waals surface area contributed by atoms with E-state index < -0.39 is 5.97 Å². The molecule has 4 heteroatoms. The summed E-state index contributed by atoms with van der Waals surface area (Å²) in [4.78, 5) is 13.2. The van der Waals surface area contributed by atoms with Crippen molar-refractivity contribution in [2.75, 3.05) is 19.0 Å². The topological polar surface area (TPSA) is 49.8 Å². The van der Waals surface area contributed by atoms with Crippen molar-refractivity contribution in [2.45, 2.75) is 13.5 Å². The summed E-state index contributed by atoms with van der Waals surface area (Å²) in [6.45, 7) is 2.24. The van der Waals surface area contributed by atoms with Gasteiger partial charge < -0.3 is 14.7 Å². The number of carbonyl (C=O) groups is 1. The first kappa shape index (κ1) is 14.9. The zero-order valence-corrected chi connectivity index (χ0v) is 12.5. The van der Waals surface area contributed by atoms with Crippen molar-refractivity contribution in [3.05, 3.63) is 59.2 Å². The van der Waals surface area contributed by atoms with Gasteiger partial charge in [0, 0.05) is 20.2 Å². The number of aryl methyl sites for hydroxylation is 1. The zero-order chi connectivity index (χ0) is 15.4. The van der Waals surface area contributed by atoms with Crippen molar-refractivity contribution in [2.24, 2.45) is 0 Å². The molecule has 0 unspecified atom stereocenters. The molecule has 0 aromatic heterocycles. The van der Waals surface area contributed by atoms with Crippen LogP contribution in [0.25, 0.3) is 0 Å². The van der Waals surface area contributed by atoms with Gasteiger partial charge in [0.25, 0.3) is 0 Å². The number of hydrogen-bond acceptors (Lipinski definition) is 3. The smallest absolute Gasteiger partial charge is 0.338 e. The fourth-order valence-electron chi connectivity index (χ4n) is 2.19. The first-order valence-electron chi connectivity index (χ1n) is 6.71. The first-order chi connectivity index (χ1) is 9.99. The number of carboxylic acid groups (broad SMARTS) is 1. The van der Waals surface area contributed by atoms with E-state index in [4.69, 9.17) is 4.74 Å². The molecule has 2 aromatic carbocycles. The molecule has 0 aliphatic carbocycles. The highest BCUT2D eigenvalue weighted by atomic mass is 16.5. The third-order valence-corrected chi connectivity index (χ3v) is 3.23. The Bertz CT molecular complexity index is 636. The fourth-order valence-corrected chi connectivity index (χ4v) is 2.19. The molecule has 0 fully saturated rings. The highest BCUT2D eigenvalue weighted by molar-refractivity contribution is 5.96. The van der Waals surface area contributed by atoms with E-state index in [0.717, 1.165) is 5.56 Å². The van der Waals surface area contributed by atoms with Crippen LogP contribution in [0.5, 0.6) is 5.75 Å². The van der Waals surface area contributed by atoms with Crippen LogP contribution in [0.1, 0.15) is 21.5 Å². The number of benzene rings is 2. The van der Waals surface area contributed by atoms with Gasteiger partial charge >= 0.3 is 5.97 Å². The summed E-state index contributed by atoms with van der Waals surface area (Å²) >= 11 is 0. The fraction of sp³-hybridized carbons (Fsp3) is 0.235. The Morgan fingerprint density at radius 2 is 1.86 bits per heavy atom. The minimum atomic E-state index is -0.925. The van der Waals surface area contributed by atoms with Gasteiger partial charge in [-0.15, -0.1) is 0 Å². The van der Waals surface area contributed by atoms with Crippen LogP contribution < -0.4 is 9.64 Å². The Balaban J connectivity index is 2.27. The quantitative estimate of drug-likeness (QED) is 0.915. The maximum absolute atomic E-state index is 11.4. The lowest BCUT2D eigenvalue weighted by molar-refractivity contribution is 0.0697. The molecule has 0 saturated heterocycles. The molecule has 0 saturated carbocycles. The average molecular weight is 285 g/mol. The lowest BCUT2D eigenvalue weighted by atomic mass is 10.1. The molecule has 0 aliphatic rings. The highest BCUT2D eigenvalue weighted by Gasteiger charge is 2.16. The van der Waals surface area contributed by atoms with Crippen LogP contribution in [-0.2, 0) is 6.61 Å². The van der Waals surface area contributed by atoms with Gasteiger partial charge in [-0.2, -0.15) is 0 Å². The lowest BCUT2D eigenvalue weighted by Gasteiger charge is -2.19. The largest absolute Gasteiger partial charge is 0.489 e. The molecule has 2 aromatic rings. The van der Waals surface area contributed by atoms with E-state index in [9.17, 15) is 9.90 Å². The summed E-state index contributed by atoms with van der Waals surface area (Å²) in [6.07, 6.45) is 0. The van der Waals surface area contributed by atoms with Crippen LogP contribution in [-0.4, -0.2) is 25.2 Å². The van der Waals surface area contributed by atoms with Gasteiger partial charge in [0.1, 0.15) is 12.4 Å². The predicted octanol–water partition coefficient (Wildman–Crippen LogP) is 3.34. The number of anilines is 1. The SMILES string of the molecule is Cc1cc(OCc2ccccc2)cc(N(C)C)c1C(=O)O. The molecule has 0 amide bonds. The number of aromatic carboxylic acids is 1. The van der Waals surface area contributed by atoms with Crippen molar-refractivity contribution in [3.63, 3.8) is 0 Å². The van der Waals surface area contributed by atoms with Crippen molar-refractivity contribution < 1.29 is 14.6 Å². The molecule has 4 nitrogen and oxygen atoms in total. The van der Waals surface area contributed by atoms with Gasteiger partial charge in [-0.05, 0) is 24.1 Å². The van der Waals surface area contributed by atoms with Crippen LogP contribution in [0.4, 0.5) is 5.69 Å². The minimum absolute atomic E-state index is 0.312. The van der Waals surface area contributed by atoms with E-state index in [1.54, 1.807) is 24.0 Å². The molecule has 0 heterocycles. The molecular weight excluding hydrogens is 266 g/mol. The Labute approximate surface area is 124 Å². The third-order valence-electron chi connectivity index (χ3n) is 3.23. The van der Waals surface area contributed by atoms with Crippen LogP contribution in [0, 0.1) is 6.92 Å². The molecule has 0 aliphatic heterocycles. The summed E-state index contributed by atoms with van der Waals surface area (Å²) in [5.74, 6) is -0.254. The van der Waals surface area contributed by atoms with Crippen molar-refractivity contribution >= 4 is 11.7 Å². The van der Waals surface area contributed by atoms with E-state index in [1.807, 2.05) is 44.4 Å². The van der Waals surface area contributed by atoms with Crippen LogP contribution in [0.15, 0.2) is 42.5 Å². The Morgan fingerprint density at radius 3 is 2.43 bits per heavy atom. The maximum atomic E-state index is 11.4. The van der Waals surface area contributed by atoms with Gasteiger partial charge in [-0.3, -0.25) is 0 Å². The molecule has 2 rings (SSSR count). The van der Waals surface area contributed by atoms with Crippen LogP contribution in [0.3, 0.4) is 0 Å². The molecule has 21 heavy (non-hydrogen) atoms. The van der Waals surface area contributed by atoms with E-state index in [-0.39, 0.29) is 0 Å². The summed E-state index contributed by atoms with van der Waals surface area (Å²) in [5, 5.41) is 9.33. The molecular formula is C17H19NO3. The molecule has 0 bridgehead atoms.